The Kier molecular flexibility index (Phi) is 3.24. The van der Waals surface area contributed by atoms with Crippen molar-refractivity contribution >= 4 is 5.91 Å². The van der Waals surface area contributed by atoms with Crippen molar-refractivity contribution in [3.05, 3.63) is 0 Å². The van der Waals surface area contributed by atoms with Gasteiger partial charge in [0.25, 0.3) is 0 Å². The molecule has 2 fully saturated rings. The molecular weight excluding hydrogens is 200 g/mol. The average Bonchev–Trinajstić information content (AvgIpc) is 2.42. The Balaban J connectivity index is 2.15. The van der Waals surface area contributed by atoms with Gasteiger partial charge in [-0.15, -0.1) is 0 Å². The maximum Gasteiger partial charge on any atom is 0.241 e. The van der Waals surface area contributed by atoms with E-state index >= 15 is 0 Å². The lowest BCUT2D eigenvalue weighted by atomic mass is 9.90. The first kappa shape index (κ1) is 11.9. The van der Waals surface area contributed by atoms with Crippen LogP contribution in [0.25, 0.3) is 0 Å². The molecule has 0 bridgehead atoms. The molecule has 1 saturated carbocycles. The quantitative estimate of drug-likeness (QED) is 0.795. The molecule has 92 valence electrons. The lowest BCUT2D eigenvalue weighted by molar-refractivity contribution is -0.135. The molecule has 1 saturated heterocycles. The highest BCUT2D eigenvalue weighted by molar-refractivity contribution is 5.85. The molecule has 0 radical (unpaired) electrons. The summed E-state index contributed by atoms with van der Waals surface area (Å²) in [5.41, 5.74) is 0. The van der Waals surface area contributed by atoms with Gasteiger partial charge in [0.05, 0.1) is 12.2 Å². The maximum atomic E-state index is 12.4. The smallest absolute Gasteiger partial charge is 0.241 e. The van der Waals surface area contributed by atoms with Crippen molar-refractivity contribution in [3.63, 3.8) is 0 Å². The molecule has 2 rings (SSSR count). The van der Waals surface area contributed by atoms with E-state index in [1.165, 1.54) is 19.3 Å². The zero-order valence-corrected chi connectivity index (χ0v) is 10.9. The fraction of sp³-hybridized carbons (Fsp3) is 0.923. The van der Waals surface area contributed by atoms with Crippen LogP contribution in [0, 0.1) is 11.8 Å². The molecule has 0 aromatic rings. The van der Waals surface area contributed by atoms with Gasteiger partial charge in [0.1, 0.15) is 0 Å². The Hall–Kier alpha value is -0.570. The third-order valence-electron chi connectivity index (χ3n) is 3.94. The summed E-state index contributed by atoms with van der Waals surface area (Å²) in [7, 11) is 0. The summed E-state index contributed by atoms with van der Waals surface area (Å²) in [6.07, 6.45) is 3.93. The van der Waals surface area contributed by atoms with Crippen LogP contribution in [0.5, 0.6) is 0 Å². The van der Waals surface area contributed by atoms with E-state index < -0.39 is 0 Å². The zero-order chi connectivity index (χ0) is 11.9. The van der Waals surface area contributed by atoms with E-state index in [-0.39, 0.29) is 12.2 Å². The highest BCUT2D eigenvalue weighted by Crippen LogP contribution is 2.32. The summed E-state index contributed by atoms with van der Waals surface area (Å²) in [6.45, 7) is 8.63. The second-order valence-electron chi connectivity index (χ2n) is 5.91. The molecule has 1 amide bonds. The van der Waals surface area contributed by atoms with Crippen LogP contribution in [0.1, 0.15) is 47.0 Å². The molecule has 1 heterocycles. The standard InChI is InChI=1S/C13H24N2O/c1-8(2)11-13(16)15(10-6-5-7-10)12(14-11)9(3)4/h8-12,14H,5-7H2,1-4H3. The Labute approximate surface area is 98.6 Å². The second-order valence-corrected chi connectivity index (χ2v) is 5.91. The molecular formula is C13H24N2O. The highest BCUT2D eigenvalue weighted by Gasteiger charge is 2.45. The van der Waals surface area contributed by atoms with Crippen molar-refractivity contribution in [1.82, 2.24) is 10.2 Å². The van der Waals surface area contributed by atoms with E-state index in [0.29, 0.717) is 23.8 Å². The number of hydrogen-bond donors (Lipinski definition) is 1. The van der Waals surface area contributed by atoms with Crippen molar-refractivity contribution in [2.75, 3.05) is 0 Å². The summed E-state index contributed by atoms with van der Waals surface area (Å²) in [6, 6.07) is 0.546. The minimum Gasteiger partial charge on any atom is -0.323 e. The van der Waals surface area contributed by atoms with Crippen LogP contribution in [0.4, 0.5) is 0 Å². The topological polar surface area (TPSA) is 32.3 Å². The molecule has 0 aromatic carbocycles. The van der Waals surface area contributed by atoms with E-state index in [4.69, 9.17) is 0 Å². The molecule has 1 N–H and O–H groups in total. The van der Waals surface area contributed by atoms with Gasteiger partial charge < -0.3 is 4.90 Å². The molecule has 1 aliphatic heterocycles. The van der Waals surface area contributed by atoms with Crippen LogP contribution in [0.2, 0.25) is 0 Å². The predicted molar refractivity (Wildman–Crippen MR) is 64.9 cm³/mol. The highest BCUT2D eigenvalue weighted by atomic mass is 16.2. The molecule has 0 aromatic heterocycles. The largest absolute Gasteiger partial charge is 0.323 e. The fourth-order valence-electron chi connectivity index (χ4n) is 2.70. The summed E-state index contributed by atoms with van der Waals surface area (Å²) >= 11 is 0. The van der Waals surface area contributed by atoms with Crippen molar-refractivity contribution in [2.24, 2.45) is 11.8 Å². The SMILES string of the molecule is CC(C)C1NC(C(C)C)N(C2CCC2)C1=O. The van der Waals surface area contributed by atoms with E-state index in [9.17, 15) is 4.79 Å². The van der Waals surface area contributed by atoms with E-state index in [2.05, 4.69) is 37.9 Å². The third-order valence-corrected chi connectivity index (χ3v) is 3.94. The van der Waals surface area contributed by atoms with Crippen molar-refractivity contribution in [2.45, 2.75) is 65.2 Å². The first-order chi connectivity index (χ1) is 7.52. The number of hydrogen-bond acceptors (Lipinski definition) is 2. The Morgan fingerprint density at radius 3 is 2.19 bits per heavy atom. The van der Waals surface area contributed by atoms with E-state index in [1.807, 2.05) is 0 Å². The van der Waals surface area contributed by atoms with Gasteiger partial charge >= 0.3 is 0 Å². The second kappa shape index (κ2) is 4.36. The predicted octanol–water partition coefficient (Wildman–Crippen LogP) is 1.98. The third kappa shape index (κ3) is 1.86. The number of carbonyl (C=O) groups excluding carboxylic acids is 1. The van der Waals surface area contributed by atoms with Gasteiger partial charge in [0.2, 0.25) is 5.91 Å². The Morgan fingerprint density at radius 1 is 1.19 bits per heavy atom. The van der Waals surface area contributed by atoms with Gasteiger partial charge in [0, 0.05) is 6.04 Å². The van der Waals surface area contributed by atoms with Crippen molar-refractivity contribution < 1.29 is 4.79 Å². The summed E-state index contributed by atoms with van der Waals surface area (Å²) in [5.74, 6) is 1.21. The lowest BCUT2D eigenvalue weighted by Crippen LogP contribution is -2.50. The average molecular weight is 224 g/mol. The molecule has 1 aliphatic carbocycles. The zero-order valence-electron chi connectivity index (χ0n) is 10.9. The van der Waals surface area contributed by atoms with Crippen LogP contribution in [0.15, 0.2) is 0 Å². The molecule has 3 nitrogen and oxygen atoms in total. The van der Waals surface area contributed by atoms with E-state index in [0.717, 1.165) is 0 Å². The van der Waals surface area contributed by atoms with Crippen molar-refractivity contribution in [1.29, 1.82) is 0 Å². The Morgan fingerprint density at radius 2 is 1.81 bits per heavy atom. The minimum absolute atomic E-state index is 0.0352. The van der Waals surface area contributed by atoms with Crippen molar-refractivity contribution in [3.8, 4) is 0 Å². The Bertz CT molecular complexity index is 271. The van der Waals surface area contributed by atoms with Gasteiger partial charge in [-0.2, -0.15) is 0 Å². The number of nitrogens with zero attached hydrogens (tertiary/aromatic N) is 1. The maximum absolute atomic E-state index is 12.4. The molecule has 0 spiro atoms. The fourth-order valence-corrected chi connectivity index (χ4v) is 2.70. The van der Waals surface area contributed by atoms with Crippen LogP contribution in [-0.4, -0.2) is 29.1 Å². The molecule has 2 unspecified atom stereocenters. The molecule has 2 aliphatic rings. The first-order valence-electron chi connectivity index (χ1n) is 6.60. The lowest BCUT2D eigenvalue weighted by Gasteiger charge is -2.39. The monoisotopic (exact) mass is 224 g/mol. The molecule has 2 atom stereocenters. The van der Waals surface area contributed by atoms with Gasteiger partial charge in [0.15, 0.2) is 0 Å². The van der Waals surface area contributed by atoms with Crippen LogP contribution in [0.3, 0.4) is 0 Å². The van der Waals surface area contributed by atoms with Gasteiger partial charge in [-0.1, -0.05) is 27.7 Å². The van der Waals surface area contributed by atoms with Gasteiger partial charge in [-0.3, -0.25) is 10.1 Å². The first-order valence-corrected chi connectivity index (χ1v) is 6.60. The number of amides is 1. The summed E-state index contributed by atoms with van der Waals surface area (Å²) < 4.78 is 0. The summed E-state index contributed by atoms with van der Waals surface area (Å²) in [4.78, 5) is 14.5. The molecule has 16 heavy (non-hydrogen) atoms. The normalized spacial score (nSPS) is 31.6. The van der Waals surface area contributed by atoms with Crippen LogP contribution < -0.4 is 5.32 Å². The summed E-state index contributed by atoms with van der Waals surface area (Å²) in [5, 5.41) is 3.52. The van der Waals surface area contributed by atoms with Crippen LogP contribution in [-0.2, 0) is 4.79 Å². The van der Waals surface area contributed by atoms with E-state index in [1.54, 1.807) is 0 Å². The number of nitrogens with one attached hydrogen (secondary N) is 1. The number of rotatable bonds is 3. The minimum atomic E-state index is 0.0352. The van der Waals surface area contributed by atoms with Gasteiger partial charge in [-0.05, 0) is 31.1 Å². The van der Waals surface area contributed by atoms with Crippen LogP contribution >= 0.6 is 0 Å². The van der Waals surface area contributed by atoms with Gasteiger partial charge in [-0.25, -0.2) is 0 Å². The molecule has 3 heteroatoms. The number of carbonyl (C=O) groups is 1.